The minimum absolute atomic E-state index is 0.0367. The van der Waals surface area contributed by atoms with Gasteiger partial charge in [-0.15, -0.1) is 0 Å². The zero-order valence-corrected chi connectivity index (χ0v) is 17.3. The van der Waals surface area contributed by atoms with Crippen LogP contribution in [0.5, 0.6) is 0 Å². The number of carbonyl (C=O) groups excluding carboxylic acids is 2. The summed E-state index contributed by atoms with van der Waals surface area (Å²) in [5.41, 5.74) is 7.06. The van der Waals surface area contributed by atoms with Crippen molar-refractivity contribution in [1.29, 1.82) is 5.26 Å². The van der Waals surface area contributed by atoms with Gasteiger partial charge in [0, 0.05) is 23.7 Å². The van der Waals surface area contributed by atoms with Crippen molar-refractivity contribution >= 4 is 11.8 Å². The fourth-order valence-corrected chi connectivity index (χ4v) is 5.42. The van der Waals surface area contributed by atoms with Gasteiger partial charge >= 0.3 is 0 Å². The average Bonchev–Trinajstić information content (AvgIpc) is 3.18. The molecule has 2 aliphatic heterocycles. The Morgan fingerprint density at radius 1 is 1.00 bits per heavy atom. The van der Waals surface area contributed by atoms with Gasteiger partial charge in [0.25, 0.3) is 11.8 Å². The molecule has 1 saturated carbocycles. The molecular formula is C25H24N4O2. The number of amides is 2. The first-order chi connectivity index (χ1) is 15.1. The molecular weight excluding hydrogens is 388 g/mol. The molecule has 2 heterocycles. The molecule has 1 atom stereocenters. The largest absolute Gasteiger partial charge is 0.384 e. The number of nitrogens with two attached hydrogens (primary N) is 1. The van der Waals surface area contributed by atoms with Gasteiger partial charge in [-0.1, -0.05) is 67.8 Å². The van der Waals surface area contributed by atoms with Gasteiger partial charge in [0.1, 0.15) is 17.5 Å². The highest BCUT2D eigenvalue weighted by molar-refractivity contribution is 6.11. The second-order valence-electron chi connectivity index (χ2n) is 8.47. The molecule has 2 N–H and O–H groups in total. The predicted molar refractivity (Wildman–Crippen MR) is 115 cm³/mol. The molecule has 1 spiro atoms. The highest BCUT2D eigenvalue weighted by Gasteiger charge is 2.64. The lowest BCUT2D eigenvalue weighted by Gasteiger charge is -2.37. The van der Waals surface area contributed by atoms with Gasteiger partial charge in [-0.05, 0) is 24.5 Å². The Labute approximate surface area is 181 Å². The van der Waals surface area contributed by atoms with Crippen LogP contribution in [0.25, 0.3) is 0 Å². The summed E-state index contributed by atoms with van der Waals surface area (Å²) in [7, 11) is 0. The Kier molecular flexibility index (Phi) is 4.55. The molecule has 2 aromatic rings. The van der Waals surface area contributed by atoms with Gasteiger partial charge < -0.3 is 10.6 Å². The first-order valence-corrected chi connectivity index (χ1v) is 10.8. The highest BCUT2D eigenvalue weighted by Crippen LogP contribution is 2.51. The number of hydrogen-bond donors (Lipinski definition) is 1. The van der Waals surface area contributed by atoms with Crippen LogP contribution in [0.4, 0.5) is 0 Å². The third kappa shape index (κ3) is 2.63. The van der Waals surface area contributed by atoms with Crippen molar-refractivity contribution in [2.24, 2.45) is 5.73 Å². The number of hydrogen-bond acceptors (Lipinski definition) is 4. The Hall–Kier alpha value is -3.59. The van der Waals surface area contributed by atoms with E-state index >= 15 is 0 Å². The second kappa shape index (κ2) is 7.28. The molecule has 2 amide bonds. The molecule has 6 heteroatoms. The van der Waals surface area contributed by atoms with Crippen LogP contribution < -0.4 is 5.73 Å². The van der Waals surface area contributed by atoms with Crippen molar-refractivity contribution in [2.45, 2.75) is 50.2 Å². The van der Waals surface area contributed by atoms with Gasteiger partial charge in [-0.3, -0.25) is 14.5 Å². The predicted octanol–water partition coefficient (Wildman–Crippen LogP) is 3.41. The van der Waals surface area contributed by atoms with Crippen molar-refractivity contribution in [1.82, 2.24) is 9.80 Å². The number of carbonyl (C=O) groups is 2. The molecule has 0 bridgehead atoms. The van der Waals surface area contributed by atoms with Gasteiger partial charge in [0.05, 0.1) is 0 Å². The van der Waals surface area contributed by atoms with E-state index in [1.807, 2.05) is 36.4 Å². The van der Waals surface area contributed by atoms with Crippen LogP contribution in [0.2, 0.25) is 0 Å². The number of nitrogens with zero attached hydrogens (tertiary/aromatic N) is 3. The smallest absolute Gasteiger partial charge is 0.264 e. The molecule has 31 heavy (non-hydrogen) atoms. The summed E-state index contributed by atoms with van der Waals surface area (Å²) in [4.78, 5) is 30.9. The van der Waals surface area contributed by atoms with E-state index in [4.69, 9.17) is 5.73 Å². The van der Waals surface area contributed by atoms with Crippen LogP contribution in [-0.2, 0) is 16.9 Å². The topological polar surface area (TPSA) is 90.4 Å². The van der Waals surface area contributed by atoms with E-state index in [0.717, 1.165) is 37.7 Å². The molecule has 156 valence electrons. The van der Waals surface area contributed by atoms with E-state index in [-0.39, 0.29) is 35.8 Å². The SMILES string of the molecule is N#CC1=C(N)N(C2CCCCC2)C(=O)[C@@]12c1ccccc1C(=O)N2Cc1ccccc1. The van der Waals surface area contributed by atoms with Crippen molar-refractivity contribution in [3.05, 3.63) is 82.7 Å². The maximum atomic E-state index is 14.2. The van der Waals surface area contributed by atoms with Crippen LogP contribution in [-0.4, -0.2) is 27.7 Å². The van der Waals surface area contributed by atoms with E-state index in [0.29, 0.717) is 11.1 Å². The first-order valence-electron chi connectivity index (χ1n) is 10.8. The molecule has 5 rings (SSSR count). The summed E-state index contributed by atoms with van der Waals surface area (Å²) < 4.78 is 0. The van der Waals surface area contributed by atoms with E-state index in [1.165, 1.54) is 0 Å². The minimum atomic E-state index is -1.50. The van der Waals surface area contributed by atoms with Crippen LogP contribution in [0.15, 0.2) is 66.0 Å². The monoisotopic (exact) mass is 412 g/mol. The highest BCUT2D eigenvalue weighted by atomic mass is 16.2. The average molecular weight is 412 g/mol. The molecule has 1 fully saturated rings. The molecule has 2 aromatic carbocycles. The summed E-state index contributed by atoms with van der Waals surface area (Å²) >= 11 is 0. The summed E-state index contributed by atoms with van der Waals surface area (Å²) in [6.07, 6.45) is 4.91. The molecule has 0 unspecified atom stereocenters. The second-order valence-corrected chi connectivity index (χ2v) is 8.47. The van der Waals surface area contributed by atoms with E-state index in [1.54, 1.807) is 28.0 Å². The van der Waals surface area contributed by atoms with Gasteiger partial charge in [0.2, 0.25) is 0 Å². The fourth-order valence-electron chi connectivity index (χ4n) is 5.42. The Morgan fingerprint density at radius 2 is 1.68 bits per heavy atom. The number of benzene rings is 2. The Balaban J connectivity index is 1.70. The van der Waals surface area contributed by atoms with Crippen molar-refractivity contribution < 1.29 is 9.59 Å². The van der Waals surface area contributed by atoms with E-state index in [2.05, 4.69) is 6.07 Å². The van der Waals surface area contributed by atoms with E-state index < -0.39 is 5.54 Å². The zero-order valence-electron chi connectivity index (χ0n) is 17.3. The van der Waals surface area contributed by atoms with Crippen molar-refractivity contribution in [3.63, 3.8) is 0 Å². The summed E-state index contributed by atoms with van der Waals surface area (Å²) in [6.45, 7) is 0.219. The summed E-state index contributed by atoms with van der Waals surface area (Å²) in [5, 5.41) is 10.2. The maximum absolute atomic E-state index is 14.2. The van der Waals surface area contributed by atoms with Crippen LogP contribution >= 0.6 is 0 Å². The van der Waals surface area contributed by atoms with Crippen LogP contribution in [0.1, 0.15) is 53.6 Å². The zero-order chi connectivity index (χ0) is 21.6. The third-order valence-electron chi connectivity index (χ3n) is 6.84. The van der Waals surface area contributed by atoms with Crippen molar-refractivity contribution in [3.8, 4) is 6.07 Å². The Bertz CT molecular complexity index is 1130. The lowest BCUT2D eigenvalue weighted by molar-refractivity contribution is -0.139. The molecule has 0 aromatic heterocycles. The molecule has 3 aliphatic rings. The van der Waals surface area contributed by atoms with Gasteiger partial charge in [-0.2, -0.15) is 5.26 Å². The summed E-state index contributed by atoms with van der Waals surface area (Å²) in [5.74, 6) is -0.330. The molecule has 0 radical (unpaired) electrons. The maximum Gasteiger partial charge on any atom is 0.264 e. The summed E-state index contributed by atoms with van der Waals surface area (Å²) in [6, 6.07) is 18.8. The standard InChI is InChI=1S/C25H24N4O2/c26-15-21-22(27)29(18-11-5-2-6-12-18)24(31)25(21)20-14-8-7-13-19(20)23(30)28(25)16-17-9-3-1-4-10-17/h1,3-4,7-10,13-14,18H,2,5-6,11-12,16,27H2/t25-/m1/s1. The lowest BCUT2D eigenvalue weighted by atomic mass is 9.83. The Morgan fingerprint density at radius 3 is 2.39 bits per heavy atom. The molecule has 6 nitrogen and oxygen atoms in total. The van der Waals surface area contributed by atoms with Crippen LogP contribution in [0.3, 0.4) is 0 Å². The van der Waals surface area contributed by atoms with E-state index in [9.17, 15) is 14.9 Å². The molecule has 0 saturated heterocycles. The first kappa shape index (κ1) is 19.4. The number of fused-ring (bicyclic) bond motifs is 2. The quantitative estimate of drug-likeness (QED) is 0.836. The molecule has 1 aliphatic carbocycles. The minimum Gasteiger partial charge on any atom is -0.384 e. The number of rotatable bonds is 3. The lowest BCUT2D eigenvalue weighted by Crippen LogP contribution is -2.53. The van der Waals surface area contributed by atoms with Crippen LogP contribution in [0, 0.1) is 11.3 Å². The van der Waals surface area contributed by atoms with Gasteiger partial charge in [0.15, 0.2) is 5.54 Å². The number of nitriles is 1. The van der Waals surface area contributed by atoms with Gasteiger partial charge in [-0.25, -0.2) is 0 Å². The fraction of sp³-hybridized carbons (Fsp3) is 0.320. The normalized spacial score (nSPS) is 23.6. The van der Waals surface area contributed by atoms with Crippen molar-refractivity contribution in [2.75, 3.05) is 0 Å². The third-order valence-corrected chi connectivity index (χ3v) is 6.84.